The van der Waals surface area contributed by atoms with E-state index in [2.05, 4.69) is 4.99 Å². The first-order valence-corrected chi connectivity index (χ1v) is 8.79. The molecule has 26 heavy (non-hydrogen) atoms. The van der Waals surface area contributed by atoms with E-state index in [9.17, 15) is 9.59 Å². The van der Waals surface area contributed by atoms with Gasteiger partial charge in [0.05, 0.1) is 26.3 Å². The van der Waals surface area contributed by atoms with Gasteiger partial charge in [-0.1, -0.05) is 4.99 Å². The normalized spacial score (nSPS) is 19.1. The van der Waals surface area contributed by atoms with Crippen LogP contribution in [-0.4, -0.2) is 72.7 Å². The van der Waals surface area contributed by atoms with Gasteiger partial charge in [-0.2, -0.15) is 0 Å². The van der Waals surface area contributed by atoms with Crippen LogP contribution in [0.5, 0.6) is 0 Å². The smallest absolute Gasteiger partial charge is 0.381 e. The average molecular weight is 364 g/mol. The molecule has 3 rings (SSSR count). The zero-order valence-electron chi connectivity index (χ0n) is 16.0. The first-order valence-electron chi connectivity index (χ1n) is 8.79. The molecule has 0 bridgehead atoms. The van der Waals surface area contributed by atoms with E-state index in [0.29, 0.717) is 38.1 Å². The van der Waals surface area contributed by atoms with Crippen molar-refractivity contribution in [3.05, 3.63) is 11.4 Å². The molecule has 3 heterocycles. The third-order valence-electron chi connectivity index (χ3n) is 5.01. The Labute approximate surface area is 152 Å². The summed E-state index contributed by atoms with van der Waals surface area (Å²) in [6.45, 7) is 8.13. The Morgan fingerprint density at radius 1 is 1.23 bits per heavy atom. The number of fused-ring (bicyclic) bond motifs is 3. The van der Waals surface area contributed by atoms with E-state index in [-0.39, 0.29) is 18.5 Å². The topological polar surface area (TPSA) is 80.2 Å². The fraction of sp³-hybridized carbons (Fsp3) is 0.647. The van der Waals surface area contributed by atoms with Crippen molar-refractivity contribution >= 4 is 23.7 Å². The van der Waals surface area contributed by atoms with E-state index >= 15 is 0 Å². The second-order valence-electron chi connectivity index (χ2n) is 6.39. The lowest BCUT2D eigenvalue weighted by atomic mass is 10.1. The average Bonchev–Trinajstić information content (AvgIpc) is 3.12. The number of hydrogen-bond acceptors (Lipinski definition) is 5. The van der Waals surface area contributed by atoms with E-state index in [1.807, 2.05) is 29.9 Å². The number of rotatable bonds is 7. The van der Waals surface area contributed by atoms with E-state index in [1.165, 1.54) is 9.80 Å². The molecule has 142 valence electrons. The molecule has 1 atom stereocenters. The summed E-state index contributed by atoms with van der Waals surface area (Å²) in [4.78, 5) is 33.1. The molecule has 1 aromatic rings. The Bertz CT molecular complexity index is 770. The molecule has 9 nitrogen and oxygen atoms in total. The summed E-state index contributed by atoms with van der Waals surface area (Å²) in [5.41, 5.74) is 1.99. The van der Waals surface area contributed by atoms with Crippen molar-refractivity contribution in [1.29, 1.82) is 0 Å². The minimum Gasteiger partial charge on any atom is -0.381 e. The summed E-state index contributed by atoms with van der Waals surface area (Å²) in [7, 11) is 3.30. The van der Waals surface area contributed by atoms with Crippen LogP contribution in [0.3, 0.4) is 0 Å². The van der Waals surface area contributed by atoms with Gasteiger partial charge in [-0.05, 0) is 20.8 Å². The molecule has 0 radical (unpaired) electrons. The Balaban J connectivity index is 1.99. The first kappa shape index (κ1) is 18.5. The Hall–Kier alpha value is -2.26. The van der Waals surface area contributed by atoms with Gasteiger partial charge in [0.25, 0.3) is 5.91 Å². The van der Waals surface area contributed by atoms with E-state index in [0.717, 1.165) is 11.4 Å². The van der Waals surface area contributed by atoms with Crippen LogP contribution in [-0.2, 0) is 20.8 Å². The second kappa shape index (κ2) is 7.16. The summed E-state index contributed by atoms with van der Waals surface area (Å²) >= 11 is 0. The minimum atomic E-state index is -0.614. The highest BCUT2D eigenvalue weighted by atomic mass is 16.5. The maximum Gasteiger partial charge on any atom is 0.402 e. The fourth-order valence-corrected chi connectivity index (χ4v) is 3.46. The third kappa shape index (κ3) is 2.71. The zero-order chi connectivity index (χ0) is 19.0. The number of likely N-dealkylation sites (N-methyl/N-ethyl adjacent to an activating group) is 1. The Kier molecular flexibility index (Phi) is 5.10. The molecular formula is C17H26N5O4+. The van der Waals surface area contributed by atoms with Gasteiger partial charge in [0.2, 0.25) is 11.9 Å². The largest absolute Gasteiger partial charge is 0.402 e. The standard InChI is InChI=1S/C17H26N5O4/c1-6-26-10-8-21-15(23)13-14(19(4)17(21)24)18-16-20(7-9-25-5)11(2)12(3)22(13)16/h13H,6-10H2,1-5H3/q+1. The molecule has 3 amide bonds. The summed E-state index contributed by atoms with van der Waals surface area (Å²) in [5, 5.41) is 0. The zero-order valence-corrected chi connectivity index (χ0v) is 16.0. The Morgan fingerprint density at radius 2 is 1.96 bits per heavy atom. The molecule has 0 aromatic carbocycles. The van der Waals surface area contributed by atoms with Crippen LogP contribution < -0.4 is 4.57 Å². The van der Waals surface area contributed by atoms with E-state index < -0.39 is 6.04 Å². The molecule has 2 aliphatic heterocycles. The molecule has 0 N–H and O–H groups in total. The maximum atomic E-state index is 13.1. The van der Waals surface area contributed by atoms with Crippen molar-refractivity contribution in [2.45, 2.75) is 33.4 Å². The fourth-order valence-electron chi connectivity index (χ4n) is 3.46. The van der Waals surface area contributed by atoms with Crippen molar-refractivity contribution in [2.75, 3.05) is 40.5 Å². The highest BCUT2D eigenvalue weighted by Crippen LogP contribution is 2.34. The number of amidine groups is 1. The third-order valence-corrected chi connectivity index (χ3v) is 5.01. The van der Waals surface area contributed by atoms with Gasteiger partial charge in [-0.25, -0.2) is 13.9 Å². The summed E-state index contributed by atoms with van der Waals surface area (Å²) in [6.07, 6.45) is 0. The number of methoxy groups -OCH3 is 1. The van der Waals surface area contributed by atoms with Crippen LogP contribution in [0.2, 0.25) is 0 Å². The van der Waals surface area contributed by atoms with Gasteiger partial charge in [0.1, 0.15) is 11.4 Å². The quantitative estimate of drug-likeness (QED) is 0.523. The minimum absolute atomic E-state index is 0.234. The van der Waals surface area contributed by atoms with Crippen LogP contribution in [0.25, 0.3) is 0 Å². The number of imidazole rings is 1. The SMILES string of the molecule is CCOCCN1C(=O)C2C(=Nc3n2c(C)c(C)[n+]3CCOC)N(C)C1=O. The molecule has 1 unspecified atom stereocenters. The number of imide groups is 1. The van der Waals surface area contributed by atoms with Gasteiger partial charge < -0.3 is 9.47 Å². The number of urea groups is 1. The number of carbonyl (C=O) groups excluding carboxylic acids is 2. The predicted molar refractivity (Wildman–Crippen MR) is 93.5 cm³/mol. The molecular weight excluding hydrogens is 338 g/mol. The Morgan fingerprint density at radius 3 is 2.62 bits per heavy atom. The molecule has 0 aliphatic carbocycles. The van der Waals surface area contributed by atoms with Crippen molar-refractivity contribution in [1.82, 2.24) is 14.4 Å². The summed E-state index contributed by atoms with van der Waals surface area (Å²) < 4.78 is 14.5. The van der Waals surface area contributed by atoms with Gasteiger partial charge in [-0.15, -0.1) is 0 Å². The van der Waals surface area contributed by atoms with Gasteiger partial charge in [-0.3, -0.25) is 14.6 Å². The monoisotopic (exact) mass is 364 g/mol. The lowest BCUT2D eigenvalue weighted by Gasteiger charge is -2.33. The van der Waals surface area contributed by atoms with Crippen LogP contribution in [0.1, 0.15) is 24.4 Å². The number of aromatic nitrogens is 2. The number of nitrogens with zero attached hydrogens (tertiary/aromatic N) is 5. The van der Waals surface area contributed by atoms with Gasteiger partial charge in [0.15, 0.2) is 0 Å². The molecule has 1 aromatic heterocycles. The molecule has 1 fully saturated rings. The first-order chi connectivity index (χ1) is 12.4. The predicted octanol–water partition coefficient (Wildman–Crippen LogP) is 0.554. The number of aliphatic imine (C=N–C) groups is 1. The lowest BCUT2D eigenvalue weighted by molar-refractivity contribution is -0.690. The number of hydrogen-bond donors (Lipinski definition) is 0. The van der Waals surface area contributed by atoms with Crippen molar-refractivity contribution in [2.24, 2.45) is 4.99 Å². The molecule has 0 saturated carbocycles. The molecule has 1 saturated heterocycles. The summed E-state index contributed by atoms with van der Waals surface area (Å²) in [5.74, 6) is 0.885. The highest BCUT2D eigenvalue weighted by molar-refractivity contribution is 6.20. The van der Waals surface area contributed by atoms with Crippen LogP contribution in [0.4, 0.5) is 10.7 Å². The molecule has 0 spiro atoms. The van der Waals surface area contributed by atoms with Crippen molar-refractivity contribution < 1.29 is 23.6 Å². The van der Waals surface area contributed by atoms with E-state index in [4.69, 9.17) is 9.47 Å². The van der Waals surface area contributed by atoms with Crippen molar-refractivity contribution in [3.8, 4) is 0 Å². The summed E-state index contributed by atoms with van der Waals surface area (Å²) in [6, 6.07) is -0.981. The van der Waals surface area contributed by atoms with Gasteiger partial charge >= 0.3 is 12.0 Å². The van der Waals surface area contributed by atoms with Crippen LogP contribution in [0, 0.1) is 13.8 Å². The lowest BCUT2D eigenvalue weighted by Crippen LogP contribution is -2.58. The van der Waals surface area contributed by atoms with Crippen LogP contribution in [0.15, 0.2) is 4.99 Å². The van der Waals surface area contributed by atoms with E-state index in [1.54, 1.807) is 14.2 Å². The van der Waals surface area contributed by atoms with Gasteiger partial charge in [0, 0.05) is 20.8 Å². The highest BCUT2D eigenvalue weighted by Gasteiger charge is 2.53. The second-order valence-corrected chi connectivity index (χ2v) is 6.39. The number of carbonyl (C=O) groups is 2. The van der Waals surface area contributed by atoms with Crippen LogP contribution >= 0.6 is 0 Å². The maximum absolute atomic E-state index is 13.1. The molecule has 2 aliphatic rings. The van der Waals surface area contributed by atoms with Crippen molar-refractivity contribution in [3.63, 3.8) is 0 Å². The number of ether oxygens (including phenoxy) is 2. The molecule has 9 heteroatoms. The number of amides is 3.